The lowest BCUT2D eigenvalue weighted by atomic mass is 9.92. The molecule has 3 aromatic rings. The molecule has 2 fully saturated rings. The summed E-state index contributed by atoms with van der Waals surface area (Å²) in [5.74, 6) is 1.47. The number of nitrogens with zero attached hydrogens (tertiary/aromatic N) is 6. The fraction of sp³-hybridized carbons (Fsp3) is 0.474. The number of likely N-dealkylation sites (tertiary alicyclic amines) is 1. The maximum absolute atomic E-state index is 13.9. The third-order valence-corrected chi connectivity index (χ3v) is 11.3. The minimum absolute atomic E-state index is 0.00522. The average Bonchev–Trinajstić information content (AvgIpc) is 3.82. The summed E-state index contributed by atoms with van der Waals surface area (Å²) in [6.07, 6.45) is 6.69. The molecule has 8 rings (SSSR count). The van der Waals surface area contributed by atoms with Crippen molar-refractivity contribution in [3.8, 4) is 0 Å². The smallest absolute Gasteiger partial charge is 0.343 e. The third kappa shape index (κ3) is 5.84. The second kappa shape index (κ2) is 13.1. The molecule has 5 atom stereocenters. The van der Waals surface area contributed by atoms with E-state index >= 15 is 0 Å². The normalized spacial score (nSPS) is 26.4. The Morgan fingerprint density at radius 3 is 2.76 bits per heavy atom. The molecule has 4 bridgehead atoms. The van der Waals surface area contributed by atoms with Crippen molar-refractivity contribution >= 4 is 34.4 Å². The standard InChI is InChI=1S/C38H42F2N8O3/c1-20-27-12-9-22-17-31(47(35(22)44-27)14-6-4-5-7-28-25(37(49)42-20)11-13-29(43-28)34(39)40)36-45-30-16-23(18-32(51-3)33(30)46(36)2)38(50)48-19-26(41)21-8-10-24(48)15-21/h9,11-13,16-18,20-21,24,26,33-34H,4-8,10,14-15,19,41H2,1-3H3/p+1/t20-,21-,24+,26+,33?/m1/s1. The predicted molar refractivity (Wildman–Crippen MR) is 188 cm³/mol. The van der Waals surface area contributed by atoms with Gasteiger partial charge in [-0.2, -0.15) is 0 Å². The van der Waals surface area contributed by atoms with E-state index in [9.17, 15) is 18.4 Å². The van der Waals surface area contributed by atoms with Gasteiger partial charge in [0.05, 0.1) is 37.2 Å². The number of carbonyl (C=O) groups is 2. The summed E-state index contributed by atoms with van der Waals surface area (Å²) in [6.45, 7) is 3.06. The minimum Gasteiger partial charge on any atom is -0.496 e. The van der Waals surface area contributed by atoms with E-state index in [-0.39, 0.29) is 35.6 Å². The van der Waals surface area contributed by atoms with Gasteiger partial charge in [-0.05, 0) is 92.8 Å². The summed E-state index contributed by atoms with van der Waals surface area (Å²) in [5, 5.41) is 3.94. The lowest BCUT2D eigenvalue weighted by molar-refractivity contribution is -0.510. The first kappa shape index (κ1) is 33.4. The molecule has 13 heteroatoms. The van der Waals surface area contributed by atoms with Crippen LogP contribution in [0.3, 0.4) is 0 Å². The lowest BCUT2D eigenvalue weighted by Gasteiger charge is -2.37. The number of rotatable bonds is 4. The number of alkyl halides is 2. The summed E-state index contributed by atoms with van der Waals surface area (Å²) < 4.78 is 37.2. The zero-order chi connectivity index (χ0) is 35.6. The summed E-state index contributed by atoms with van der Waals surface area (Å²) >= 11 is 0. The molecule has 3 aromatic heterocycles. The summed E-state index contributed by atoms with van der Waals surface area (Å²) in [4.78, 5) is 43.6. The third-order valence-electron chi connectivity index (χ3n) is 11.3. The maximum Gasteiger partial charge on any atom is 0.343 e. The largest absolute Gasteiger partial charge is 0.496 e. The number of piperidine rings is 1. The second-order valence-corrected chi connectivity index (χ2v) is 14.4. The predicted octanol–water partition coefficient (Wildman–Crippen LogP) is 4.61. The fourth-order valence-electron chi connectivity index (χ4n) is 8.52. The molecular weight excluding hydrogens is 654 g/mol. The number of hydrogen-bond acceptors (Lipinski definition) is 7. The number of nitrogens with two attached hydrogens (primary N) is 1. The van der Waals surface area contributed by atoms with E-state index in [4.69, 9.17) is 20.4 Å². The molecule has 3 aliphatic heterocycles. The Morgan fingerprint density at radius 2 is 1.96 bits per heavy atom. The van der Waals surface area contributed by atoms with E-state index in [1.165, 1.54) is 12.1 Å². The number of pyridine rings is 2. The van der Waals surface area contributed by atoms with Gasteiger partial charge < -0.3 is 25.3 Å². The van der Waals surface area contributed by atoms with Crippen LogP contribution in [0.2, 0.25) is 0 Å². The van der Waals surface area contributed by atoms with E-state index in [1.807, 2.05) is 43.2 Å². The van der Waals surface area contributed by atoms with Crippen LogP contribution in [0, 0.1) is 5.92 Å². The van der Waals surface area contributed by atoms with Crippen molar-refractivity contribution in [1.29, 1.82) is 0 Å². The summed E-state index contributed by atoms with van der Waals surface area (Å²) in [5.41, 5.74) is 10.4. The number of aryl methyl sites for hydroxylation is 2. The number of hydrogen-bond donors (Lipinski definition) is 2. The van der Waals surface area contributed by atoms with Crippen LogP contribution in [0.4, 0.5) is 8.78 Å². The second-order valence-electron chi connectivity index (χ2n) is 14.4. The number of amidine groups is 1. The molecule has 11 nitrogen and oxygen atoms in total. The van der Waals surface area contributed by atoms with Crippen molar-refractivity contribution in [2.24, 2.45) is 16.6 Å². The zero-order valence-electron chi connectivity index (χ0n) is 29.1. The van der Waals surface area contributed by atoms with Gasteiger partial charge in [0, 0.05) is 42.2 Å². The van der Waals surface area contributed by atoms with Crippen LogP contribution in [0.5, 0.6) is 0 Å². The molecule has 1 saturated heterocycles. The lowest BCUT2D eigenvalue weighted by Crippen LogP contribution is -2.52. The van der Waals surface area contributed by atoms with Crippen LogP contribution in [-0.2, 0) is 22.5 Å². The molecule has 266 valence electrons. The molecule has 51 heavy (non-hydrogen) atoms. The molecule has 1 saturated carbocycles. The Hall–Kier alpha value is -4.78. The van der Waals surface area contributed by atoms with Gasteiger partial charge >= 0.3 is 5.84 Å². The van der Waals surface area contributed by atoms with Crippen LogP contribution in [0.15, 0.2) is 58.8 Å². The number of aromatic nitrogens is 3. The Labute approximate surface area is 295 Å². The number of fused-ring (bicyclic) bond motifs is 5. The van der Waals surface area contributed by atoms with Crippen molar-refractivity contribution in [1.82, 2.24) is 24.8 Å². The van der Waals surface area contributed by atoms with Gasteiger partial charge in [0.2, 0.25) is 11.8 Å². The number of carbonyl (C=O) groups excluding carboxylic acids is 2. The molecule has 0 radical (unpaired) electrons. The van der Waals surface area contributed by atoms with E-state index in [0.717, 1.165) is 60.4 Å². The van der Waals surface area contributed by atoms with Gasteiger partial charge in [-0.1, -0.05) is 6.42 Å². The van der Waals surface area contributed by atoms with Gasteiger partial charge in [0.15, 0.2) is 0 Å². The number of aliphatic imine (C=N–C) groups is 1. The summed E-state index contributed by atoms with van der Waals surface area (Å²) in [6, 6.07) is 8.12. The topological polar surface area (TPSA) is 131 Å². The number of methoxy groups -OCH3 is 1. The quantitative estimate of drug-likeness (QED) is 0.384. The van der Waals surface area contributed by atoms with Crippen LogP contribution in [0.1, 0.15) is 91.0 Å². The van der Waals surface area contributed by atoms with Crippen molar-refractivity contribution < 1.29 is 27.7 Å². The first-order valence-corrected chi connectivity index (χ1v) is 17.9. The molecule has 2 aliphatic carbocycles. The highest BCUT2D eigenvalue weighted by atomic mass is 19.3. The highest BCUT2D eigenvalue weighted by Crippen LogP contribution is 2.37. The number of halogens is 2. The van der Waals surface area contributed by atoms with Crippen LogP contribution < -0.4 is 11.1 Å². The number of likely N-dealkylation sites (N-methyl/N-ethyl adjacent to an activating group) is 1. The van der Waals surface area contributed by atoms with Gasteiger partial charge in [-0.25, -0.2) is 18.3 Å². The number of ether oxygens (including phenoxy) is 1. The number of amides is 2. The van der Waals surface area contributed by atoms with Gasteiger partial charge in [-0.15, -0.1) is 0 Å². The first-order valence-electron chi connectivity index (χ1n) is 17.9. The van der Waals surface area contributed by atoms with E-state index in [2.05, 4.69) is 25.5 Å². The van der Waals surface area contributed by atoms with Gasteiger partial charge in [0.25, 0.3) is 18.2 Å². The van der Waals surface area contributed by atoms with Crippen molar-refractivity contribution in [3.05, 3.63) is 82.2 Å². The van der Waals surface area contributed by atoms with Crippen molar-refractivity contribution in [2.45, 2.75) is 89.0 Å². The molecule has 2 amide bonds. The minimum atomic E-state index is -2.72. The Kier molecular flexibility index (Phi) is 8.56. The highest BCUT2D eigenvalue weighted by Gasteiger charge is 2.46. The maximum atomic E-state index is 13.9. The molecular formula is C38H43F2N8O3+. The van der Waals surface area contributed by atoms with Gasteiger partial charge in [-0.3, -0.25) is 14.6 Å². The SMILES string of the molecule is COC1=CC(C(=O)N2C[C@H](N)[C@@H]3CC[C@H]2C3)=CC2=NC(c3cc4ccc5nc4n3CCCCCc3nc(C(F)F)ccc3C(=O)N[C@@H]5C)=[N+](C)C12. The van der Waals surface area contributed by atoms with E-state index < -0.39 is 12.5 Å². The number of nitrogens with one attached hydrogen (secondary N) is 1. The molecule has 0 aromatic carbocycles. The monoisotopic (exact) mass is 697 g/mol. The Balaban J connectivity index is 1.14. The van der Waals surface area contributed by atoms with Crippen molar-refractivity contribution in [2.75, 3.05) is 20.7 Å². The first-order chi connectivity index (χ1) is 24.6. The molecule has 0 spiro atoms. The fourth-order valence-corrected chi connectivity index (χ4v) is 8.52. The Morgan fingerprint density at radius 1 is 1.12 bits per heavy atom. The van der Waals surface area contributed by atoms with Gasteiger partial charge in [0.1, 0.15) is 22.8 Å². The van der Waals surface area contributed by atoms with E-state index in [1.54, 1.807) is 7.11 Å². The van der Waals surface area contributed by atoms with Crippen LogP contribution in [0.25, 0.3) is 11.0 Å². The van der Waals surface area contributed by atoms with Crippen LogP contribution in [-0.4, -0.2) is 86.2 Å². The molecule has 5 aliphatic rings. The molecule has 6 heterocycles. The van der Waals surface area contributed by atoms with E-state index in [0.29, 0.717) is 60.1 Å². The summed E-state index contributed by atoms with van der Waals surface area (Å²) in [7, 11) is 3.61. The van der Waals surface area contributed by atoms with Crippen LogP contribution >= 0.6 is 0 Å². The average molecular weight is 698 g/mol. The zero-order valence-corrected chi connectivity index (χ0v) is 29.1. The highest BCUT2D eigenvalue weighted by molar-refractivity contribution is 6.18. The Bertz CT molecular complexity index is 2070. The molecule has 3 N–H and O–H groups in total. The van der Waals surface area contributed by atoms with Crippen molar-refractivity contribution in [3.63, 3.8) is 0 Å². The molecule has 1 unspecified atom stereocenters.